The van der Waals surface area contributed by atoms with Crippen LogP contribution >= 0.6 is 0 Å². The molecule has 2 rings (SSSR count). The summed E-state index contributed by atoms with van der Waals surface area (Å²) in [7, 11) is 0. The van der Waals surface area contributed by atoms with Crippen LogP contribution in [0.2, 0.25) is 0 Å². The van der Waals surface area contributed by atoms with E-state index in [1.807, 2.05) is 38.2 Å². The van der Waals surface area contributed by atoms with E-state index in [-0.39, 0.29) is 0 Å². The maximum absolute atomic E-state index is 3.78. The highest BCUT2D eigenvalue weighted by Crippen LogP contribution is 1.94. The van der Waals surface area contributed by atoms with Crippen LogP contribution in [0.5, 0.6) is 0 Å². The van der Waals surface area contributed by atoms with Crippen molar-refractivity contribution < 1.29 is 0 Å². The summed E-state index contributed by atoms with van der Waals surface area (Å²) in [6.45, 7) is 10.5. The van der Waals surface area contributed by atoms with Crippen molar-refractivity contribution in [2.45, 2.75) is 27.2 Å². The van der Waals surface area contributed by atoms with Crippen LogP contribution in [0.1, 0.15) is 27.2 Å². The van der Waals surface area contributed by atoms with Crippen LogP contribution in [-0.2, 0) is 0 Å². The Labute approximate surface area is 117 Å². The Balaban J connectivity index is 0.000000341. The first-order chi connectivity index (χ1) is 9.43. The van der Waals surface area contributed by atoms with Gasteiger partial charge >= 0.3 is 0 Å². The minimum absolute atomic E-state index is 0.978. The van der Waals surface area contributed by atoms with Gasteiger partial charge in [0.25, 0.3) is 0 Å². The summed E-state index contributed by atoms with van der Waals surface area (Å²) in [6.07, 6.45) is 8.82. The summed E-state index contributed by atoms with van der Waals surface area (Å²) in [5.41, 5.74) is 0. The fraction of sp³-hybridized carbons (Fsp3) is 0.533. The maximum atomic E-state index is 3.78. The van der Waals surface area contributed by atoms with Crippen LogP contribution in [-0.4, -0.2) is 36.2 Å². The van der Waals surface area contributed by atoms with Crippen molar-refractivity contribution in [1.29, 1.82) is 0 Å². The third-order valence-electron chi connectivity index (χ3n) is 2.31. The van der Waals surface area contributed by atoms with Gasteiger partial charge in [-0.25, -0.2) is 0 Å². The van der Waals surface area contributed by atoms with Crippen molar-refractivity contribution in [2.75, 3.05) is 26.3 Å². The van der Waals surface area contributed by atoms with Gasteiger partial charge in [-0.3, -0.25) is 4.98 Å². The Hall–Kier alpha value is -1.55. The number of pyridine rings is 1. The minimum Gasteiger partial charge on any atom is -0.373 e. The summed E-state index contributed by atoms with van der Waals surface area (Å²) < 4.78 is 0. The maximum Gasteiger partial charge on any atom is 0.0867 e. The molecule has 0 bridgehead atoms. The predicted octanol–water partition coefficient (Wildman–Crippen LogP) is 2.43. The summed E-state index contributed by atoms with van der Waals surface area (Å²) in [4.78, 5) is 6.06. The van der Waals surface area contributed by atoms with Gasteiger partial charge in [-0.2, -0.15) is 0 Å². The van der Waals surface area contributed by atoms with E-state index in [0.717, 1.165) is 26.3 Å². The number of aromatic nitrogens is 1. The zero-order chi connectivity index (χ0) is 14.2. The van der Waals surface area contributed by atoms with E-state index >= 15 is 0 Å². The lowest BCUT2D eigenvalue weighted by Crippen LogP contribution is -2.25. The van der Waals surface area contributed by atoms with Gasteiger partial charge in [-0.05, 0) is 31.6 Å². The third-order valence-corrected chi connectivity index (χ3v) is 2.31. The molecule has 4 heteroatoms. The van der Waals surface area contributed by atoms with Crippen LogP contribution in [0.3, 0.4) is 0 Å². The normalized spacial score (nSPS) is 11.8. The van der Waals surface area contributed by atoms with Crippen molar-refractivity contribution in [3.63, 3.8) is 0 Å². The molecule has 2 heterocycles. The van der Waals surface area contributed by atoms with Crippen molar-refractivity contribution in [1.82, 2.24) is 20.5 Å². The van der Waals surface area contributed by atoms with Crippen molar-refractivity contribution in [3.8, 4) is 0 Å². The molecule has 0 unspecified atom stereocenters. The number of hydrogen-bond acceptors (Lipinski definition) is 4. The number of hydrogen-bond donors (Lipinski definition) is 2. The van der Waals surface area contributed by atoms with Crippen LogP contribution in [0.25, 0.3) is 0 Å². The van der Waals surface area contributed by atoms with Gasteiger partial charge in [0.2, 0.25) is 0 Å². The smallest absolute Gasteiger partial charge is 0.0867 e. The second-order valence-electron chi connectivity index (χ2n) is 3.72. The Bertz CT molecular complexity index is 261. The number of nitrogens with one attached hydrogen (secondary N) is 2. The molecule has 108 valence electrons. The van der Waals surface area contributed by atoms with Gasteiger partial charge in [0.15, 0.2) is 0 Å². The van der Waals surface area contributed by atoms with Gasteiger partial charge in [0, 0.05) is 31.3 Å². The highest BCUT2D eigenvalue weighted by Gasteiger charge is 2.00. The van der Waals surface area contributed by atoms with Gasteiger partial charge in [0.1, 0.15) is 0 Å². The topological polar surface area (TPSA) is 40.2 Å². The van der Waals surface area contributed by atoms with Crippen molar-refractivity contribution in [2.24, 2.45) is 0 Å². The molecule has 1 aromatic heterocycles. The summed E-state index contributed by atoms with van der Waals surface area (Å²) in [5, 5.41) is 6.44. The van der Waals surface area contributed by atoms with Gasteiger partial charge < -0.3 is 15.5 Å². The minimum atomic E-state index is 0.978. The quantitative estimate of drug-likeness (QED) is 0.801. The molecule has 0 amide bonds. The van der Waals surface area contributed by atoms with Gasteiger partial charge in [0.05, 0.1) is 6.67 Å². The van der Waals surface area contributed by atoms with E-state index in [0.29, 0.717) is 0 Å². The van der Waals surface area contributed by atoms with Gasteiger partial charge in [-0.1, -0.05) is 26.8 Å². The molecule has 1 aliphatic rings. The monoisotopic (exact) mass is 264 g/mol. The van der Waals surface area contributed by atoms with Crippen LogP contribution in [0.15, 0.2) is 43.0 Å². The van der Waals surface area contributed by atoms with Crippen LogP contribution < -0.4 is 10.6 Å². The SMILES string of the molecule is CC.CCNCCCN1C=CNC1.c1ccncc1. The van der Waals surface area contributed by atoms with Crippen molar-refractivity contribution in [3.05, 3.63) is 43.0 Å². The zero-order valence-electron chi connectivity index (χ0n) is 12.5. The number of nitrogens with zero attached hydrogens (tertiary/aromatic N) is 2. The van der Waals surface area contributed by atoms with E-state index in [1.165, 1.54) is 6.42 Å². The first kappa shape index (κ1) is 17.4. The Morgan fingerprint density at radius 3 is 2.37 bits per heavy atom. The Kier molecular flexibility index (Phi) is 13.3. The fourth-order valence-corrected chi connectivity index (χ4v) is 1.43. The lowest BCUT2D eigenvalue weighted by Gasteiger charge is -2.13. The second kappa shape index (κ2) is 14.5. The lowest BCUT2D eigenvalue weighted by atomic mass is 10.4. The highest BCUT2D eigenvalue weighted by molar-refractivity contribution is 4.88. The zero-order valence-corrected chi connectivity index (χ0v) is 12.5. The van der Waals surface area contributed by atoms with E-state index in [4.69, 9.17) is 0 Å². The standard InChI is InChI=1S/C8H17N3.C5H5N.C2H6/c1-2-9-4-3-6-11-7-5-10-8-11;1-2-4-6-5-3-1;1-2/h5,7,9-10H,2-4,6,8H2,1H3;1-5H;1-2H3. The molecule has 0 spiro atoms. The predicted molar refractivity (Wildman–Crippen MR) is 82.6 cm³/mol. The molecule has 0 atom stereocenters. The van der Waals surface area contributed by atoms with Crippen LogP contribution in [0.4, 0.5) is 0 Å². The largest absolute Gasteiger partial charge is 0.373 e. The molecule has 1 aliphatic heterocycles. The summed E-state index contributed by atoms with van der Waals surface area (Å²) in [5.74, 6) is 0. The molecule has 0 aromatic carbocycles. The average Bonchev–Trinajstić information content (AvgIpc) is 3.02. The molecular formula is C15H28N4. The molecule has 0 radical (unpaired) electrons. The van der Waals surface area contributed by atoms with E-state index < -0.39 is 0 Å². The van der Waals surface area contributed by atoms with Gasteiger partial charge in [-0.15, -0.1) is 0 Å². The van der Waals surface area contributed by atoms with E-state index in [2.05, 4.69) is 33.6 Å². The third kappa shape index (κ3) is 11.3. The summed E-state index contributed by atoms with van der Waals surface area (Å²) >= 11 is 0. The molecule has 0 saturated carbocycles. The molecular weight excluding hydrogens is 236 g/mol. The molecule has 19 heavy (non-hydrogen) atoms. The molecule has 0 aliphatic carbocycles. The molecule has 0 fully saturated rings. The lowest BCUT2D eigenvalue weighted by molar-refractivity contribution is 0.380. The Morgan fingerprint density at radius 2 is 1.95 bits per heavy atom. The van der Waals surface area contributed by atoms with Crippen molar-refractivity contribution >= 4 is 0 Å². The summed E-state index contributed by atoms with van der Waals surface area (Å²) in [6, 6.07) is 5.72. The molecule has 2 N–H and O–H groups in total. The fourth-order valence-electron chi connectivity index (χ4n) is 1.43. The highest BCUT2D eigenvalue weighted by atomic mass is 15.2. The Morgan fingerprint density at radius 1 is 1.21 bits per heavy atom. The first-order valence-corrected chi connectivity index (χ1v) is 7.13. The van der Waals surface area contributed by atoms with E-state index in [1.54, 1.807) is 12.4 Å². The number of rotatable bonds is 5. The second-order valence-corrected chi connectivity index (χ2v) is 3.72. The van der Waals surface area contributed by atoms with E-state index in [9.17, 15) is 0 Å². The molecule has 0 saturated heterocycles. The average molecular weight is 264 g/mol. The first-order valence-electron chi connectivity index (χ1n) is 7.13. The van der Waals surface area contributed by atoms with Crippen LogP contribution in [0, 0.1) is 0 Å². The molecule has 1 aromatic rings. The molecule has 4 nitrogen and oxygen atoms in total.